The fourth-order valence-corrected chi connectivity index (χ4v) is 9.12. The van der Waals surface area contributed by atoms with E-state index >= 15 is 0 Å². The van der Waals surface area contributed by atoms with Crippen molar-refractivity contribution >= 4 is 39.6 Å². The number of ether oxygens (including phenoxy) is 1. The Morgan fingerprint density at radius 1 is 1.00 bits per heavy atom. The number of H-pyrrole nitrogens is 2. The van der Waals surface area contributed by atoms with Crippen LogP contribution in [-0.2, 0) is 31.5 Å². The molecule has 4 aliphatic rings. The van der Waals surface area contributed by atoms with Crippen LogP contribution in [0.4, 0.5) is 4.79 Å². The molecule has 2 aromatic heterocycles. The largest absolute Gasteiger partial charge is 0.446 e. The lowest BCUT2D eigenvalue weighted by Crippen LogP contribution is -2.60. The summed E-state index contributed by atoms with van der Waals surface area (Å²) in [5.41, 5.74) is 1.18. The molecule has 0 saturated heterocycles. The molecule has 3 amide bonds. The number of carbonyl (C=O) groups excluding carboxylic acids is 3. The number of alkyl carbamates (subject to hydrolysis) is 1. The molecule has 3 atom stereocenters. The molecule has 48 heavy (non-hydrogen) atoms. The number of carbonyl (C=O) groups is 3. The van der Waals surface area contributed by atoms with Gasteiger partial charge in [-0.1, -0.05) is 48.5 Å². The minimum atomic E-state index is -1.72. The summed E-state index contributed by atoms with van der Waals surface area (Å²) in [6, 6.07) is 16.4. The quantitative estimate of drug-likeness (QED) is 0.152. The maximum Gasteiger partial charge on any atom is 0.408 e. The molecule has 4 fully saturated rings. The summed E-state index contributed by atoms with van der Waals surface area (Å²) in [6.07, 6.45) is 8.32. The highest BCUT2D eigenvalue weighted by Crippen LogP contribution is 2.54. The van der Waals surface area contributed by atoms with Gasteiger partial charge in [-0.15, -0.1) is 0 Å². The lowest BCUT2D eigenvalue weighted by atomic mass is 9.55. The Labute approximate surface area is 281 Å². The fraction of sp³-hybridized carbons (Fsp3) is 0.457. The molecule has 5 N–H and O–H groups in total. The maximum atomic E-state index is 14.2. The molecule has 0 spiro atoms. The van der Waals surface area contributed by atoms with Crippen LogP contribution in [0.25, 0.3) is 10.9 Å². The highest BCUT2D eigenvalue weighted by Gasteiger charge is 2.50. The van der Waals surface area contributed by atoms with Crippen molar-refractivity contribution in [1.29, 1.82) is 0 Å². The van der Waals surface area contributed by atoms with Crippen LogP contribution in [0.5, 0.6) is 0 Å². The number of rotatable bonds is 12. The number of amides is 3. The first kappa shape index (κ1) is 32.0. The van der Waals surface area contributed by atoms with Crippen LogP contribution in [-0.4, -0.2) is 66.2 Å². The zero-order valence-electron chi connectivity index (χ0n) is 26.8. The summed E-state index contributed by atoms with van der Waals surface area (Å²) in [5.74, 6) is 1.02. The summed E-state index contributed by atoms with van der Waals surface area (Å²) in [7, 11) is -1.72. The first-order valence-electron chi connectivity index (χ1n) is 16.6. The van der Waals surface area contributed by atoms with E-state index in [0.29, 0.717) is 11.8 Å². The number of aromatic nitrogens is 4. The molecule has 4 bridgehead atoms. The monoisotopic (exact) mass is 671 g/mol. The van der Waals surface area contributed by atoms with E-state index in [0.717, 1.165) is 59.5 Å². The minimum absolute atomic E-state index is 0.0271. The van der Waals surface area contributed by atoms with Crippen molar-refractivity contribution in [3.63, 3.8) is 0 Å². The standard InChI is InChI=1S/C35H41N7O5S/c1-35(16-26-17-36-28-10-6-5-9-27(26)28,41-34(45)47-31-24-12-21-11-22(14-24)15-25(31)13-21)32(44)37-18-29(23-7-3-2-4-8-23)40-30(43)19-48(46)33-38-20-39-42-33/h2-10,17,20-22,24-25,29,31,36H,11-16,18-19H2,1H3,(H,37,44)(H,40,43)(H,41,45)(H,38,39,42)/t21?,22?,24?,25?,29-,31?,35+,48?/m1/s1. The van der Waals surface area contributed by atoms with Gasteiger partial charge in [0.1, 0.15) is 34.5 Å². The molecule has 13 heteroatoms. The Morgan fingerprint density at radius 2 is 1.71 bits per heavy atom. The second-order valence-corrected chi connectivity index (χ2v) is 15.2. The van der Waals surface area contributed by atoms with Gasteiger partial charge in [-0.05, 0) is 79.9 Å². The number of para-hydroxylation sites is 1. The molecular weight excluding hydrogens is 630 g/mol. The predicted molar refractivity (Wildman–Crippen MR) is 179 cm³/mol. The lowest BCUT2D eigenvalue weighted by Gasteiger charge is -2.53. The number of hydrogen-bond acceptors (Lipinski definition) is 7. The van der Waals surface area contributed by atoms with Crippen molar-refractivity contribution in [1.82, 2.24) is 36.1 Å². The van der Waals surface area contributed by atoms with E-state index in [2.05, 4.69) is 36.1 Å². The average Bonchev–Trinajstić information content (AvgIpc) is 3.76. The molecule has 4 aliphatic carbocycles. The Kier molecular flexibility index (Phi) is 9.04. The van der Waals surface area contributed by atoms with Crippen LogP contribution in [0.3, 0.4) is 0 Å². The third-order valence-electron chi connectivity index (χ3n) is 10.4. The first-order chi connectivity index (χ1) is 23.2. The van der Waals surface area contributed by atoms with Gasteiger partial charge in [0.2, 0.25) is 17.0 Å². The van der Waals surface area contributed by atoms with Crippen LogP contribution in [0.15, 0.2) is 72.3 Å². The van der Waals surface area contributed by atoms with Crippen molar-refractivity contribution in [2.45, 2.75) is 68.3 Å². The molecule has 12 nitrogen and oxygen atoms in total. The molecule has 1 unspecified atom stereocenters. The van der Waals surface area contributed by atoms with Gasteiger partial charge < -0.3 is 25.7 Å². The number of hydrogen-bond donors (Lipinski definition) is 5. The Morgan fingerprint density at radius 3 is 2.42 bits per heavy atom. The van der Waals surface area contributed by atoms with Crippen LogP contribution >= 0.6 is 0 Å². The summed E-state index contributed by atoms with van der Waals surface area (Å²) in [4.78, 5) is 47.9. The average molecular weight is 672 g/mol. The summed E-state index contributed by atoms with van der Waals surface area (Å²) in [6.45, 7) is 1.73. The van der Waals surface area contributed by atoms with Gasteiger partial charge in [0.25, 0.3) is 0 Å². The molecular formula is C35H41N7O5S. The van der Waals surface area contributed by atoms with Gasteiger partial charge in [-0.3, -0.25) is 18.9 Å². The topological polar surface area (TPSA) is 171 Å². The SMILES string of the molecule is C[C@@](Cc1c[nH]c2ccccc12)(NC(=O)OC1C2CC3CC(C2)CC1C3)C(=O)NC[C@@H](NC(=O)CS(=O)c1ncn[nH]1)c1ccccc1. The number of benzene rings is 2. The van der Waals surface area contributed by atoms with E-state index in [9.17, 15) is 18.6 Å². The van der Waals surface area contributed by atoms with E-state index in [1.54, 1.807) is 6.92 Å². The number of nitrogens with one attached hydrogen (secondary N) is 5. The smallest absolute Gasteiger partial charge is 0.408 e. The Balaban J connectivity index is 1.08. The van der Waals surface area contributed by atoms with E-state index in [1.807, 2.05) is 60.8 Å². The van der Waals surface area contributed by atoms with Crippen molar-refractivity contribution in [2.24, 2.45) is 23.7 Å². The number of fused-ring (bicyclic) bond motifs is 1. The molecule has 0 radical (unpaired) electrons. The van der Waals surface area contributed by atoms with Gasteiger partial charge in [0.15, 0.2) is 0 Å². The van der Waals surface area contributed by atoms with Crippen molar-refractivity contribution in [3.8, 4) is 0 Å². The fourth-order valence-electron chi connectivity index (χ4n) is 8.34. The van der Waals surface area contributed by atoms with Crippen LogP contribution in [0.2, 0.25) is 0 Å². The zero-order chi connectivity index (χ0) is 33.3. The normalized spacial score (nSPS) is 25.1. The highest BCUT2D eigenvalue weighted by atomic mass is 32.2. The third kappa shape index (κ3) is 6.87. The summed E-state index contributed by atoms with van der Waals surface area (Å²) in [5, 5.41) is 16.1. The van der Waals surface area contributed by atoms with E-state index in [4.69, 9.17) is 4.74 Å². The maximum absolute atomic E-state index is 14.2. The second-order valence-electron chi connectivity index (χ2n) is 13.8. The highest BCUT2D eigenvalue weighted by molar-refractivity contribution is 7.85. The second kappa shape index (κ2) is 13.5. The van der Waals surface area contributed by atoms with Crippen molar-refractivity contribution in [3.05, 3.63) is 78.2 Å². The van der Waals surface area contributed by atoms with Crippen molar-refractivity contribution in [2.75, 3.05) is 12.3 Å². The van der Waals surface area contributed by atoms with Crippen molar-refractivity contribution < 1.29 is 23.3 Å². The van der Waals surface area contributed by atoms with E-state index in [1.165, 1.54) is 12.7 Å². The van der Waals surface area contributed by atoms with Gasteiger partial charge in [-0.2, -0.15) is 5.10 Å². The Hall–Kier alpha value is -4.52. The number of nitrogens with zero attached hydrogens (tertiary/aromatic N) is 2. The molecule has 2 aromatic carbocycles. The Bertz CT molecular complexity index is 1770. The zero-order valence-corrected chi connectivity index (χ0v) is 27.6. The van der Waals surface area contributed by atoms with Crippen LogP contribution < -0.4 is 16.0 Å². The molecule has 252 valence electrons. The van der Waals surface area contributed by atoms with Gasteiger partial charge in [-0.25, -0.2) is 9.78 Å². The predicted octanol–water partition coefficient (Wildman–Crippen LogP) is 3.92. The first-order valence-corrected chi connectivity index (χ1v) is 18.0. The lowest BCUT2D eigenvalue weighted by molar-refractivity contribution is -0.128. The molecule has 4 saturated carbocycles. The number of aromatic amines is 2. The minimum Gasteiger partial charge on any atom is -0.446 e. The van der Waals surface area contributed by atoms with E-state index < -0.39 is 40.3 Å². The molecule has 0 aliphatic heterocycles. The molecule has 4 aromatic rings. The summed E-state index contributed by atoms with van der Waals surface area (Å²) >= 11 is 0. The van der Waals surface area contributed by atoms with Gasteiger partial charge >= 0.3 is 6.09 Å². The third-order valence-corrected chi connectivity index (χ3v) is 11.5. The van der Waals surface area contributed by atoms with Crippen LogP contribution in [0, 0.1) is 23.7 Å². The van der Waals surface area contributed by atoms with Gasteiger partial charge in [0.05, 0.1) is 6.04 Å². The molecule has 8 rings (SSSR count). The summed E-state index contributed by atoms with van der Waals surface area (Å²) < 4.78 is 18.8. The van der Waals surface area contributed by atoms with E-state index in [-0.39, 0.29) is 30.0 Å². The van der Waals surface area contributed by atoms with Crippen LogP contribution in [0.1, 0.15) is 56.2 Å². The van der Waals surface area contributed by atoms with Gasteiger partial charge in [0, 0.05) is 30.1 Å². The molecule has 2 heterocycles.